The highest BCUT2D eigenvalue weighted by molar-refractivity contribution is 5.97. The molecule has 0 radical (unpaired) electrons. The Hall–Kier alpha value is -1.91. The number of aromatic nitrogens is 1. The van der Waals surface area contributed by atoms with Gasteiger partial charge >= 0.3 is 12.4 Å². The van der Waals surface area contributed by atoms with Crippen molar-refractivity contribution in [2.24, 2.45) is 0 Å². The molecule has 0 fully saturated rings. The van der Waals surface area contributed by atoms with Crippen LogP contribution in [0.25, 0.3) is 0 Å². The van der Waals surface area contributed by atoms with E-state index >= 15 is 0 Å². The Bertz CT molecular complexity index is 311. The van der Waals surface area contributed by atoms with Gasteiger partial charge in [0.15, 0.2) is 0 Å². The molecule has 0 atom stereocenters. The first kappa shape index (κ1) is 8.19. The number of anilines is 1. The van der Waals surface area contributed by atoms with Crippen molar-refractivity contribution in [3.05, 3.63) is 24.0 Å². The molecule has 0 aliphatic heterocycles. The lowest BCUT2D eigenvalue weighted by Gasteiger charge is -1.99. The topological polar surface area (TPSA) is 82.3 Å². The van der Waals surface area contributed by atoms with Crippen LogP contribution in [-0.4, -0.2) is 17.4 Å². The quantitative estimate of drug-likeness (QED) is 0.379. The van der Waals surface area contributed by atoms with Crippen LogP contribution in [0.1, 0.15) is 10.4 Å². The van der Waals surface area contributed by atoms with E-state index in [1.54, 1.807) is 0 Å². The average Bonchev–Trinajstić information content (AvgIpc) is 2.05. The maximum absolute atomic E-state index is 10.9. The van der Waals surface area contributed by atoms with Gasteiger partial charge in [-0.1, -0.05) is 0 Å². The number of carbonyl (C=O) groups excluding carboxylic acids is 2. The van der Waals surface area contributed by atoms with Crippen LogP contribution in [0, 0.1) is 0 Å². The van der Waals surface area contributed by atoms with E-state index in [9.17, 15) is 9.59 Å². The minimum atomic E-state index is -0.796. The fourth-order valence-corrected chi connectivity index (χ4v) is 0.683. The third-order valence-electron chi connectivity index (χ3n) is 1.23. The van der Waals surface area contributed by atoms with E-state index in [4.69, 9.17) is 5.73 Å². The van der Waals surface area contributed by atoms with E-state index in [0.29, 0.717) is 0 Å². The highest BCUT2D eigenvalue weighted by atomic mass is 16.6. The SMILES string of the molecule is Nc1ccncc1C(=O)OC=O. The summed E-state index contributed by atoms with van der Waals surface area (Å²) in [6, 6.07) is 1.45. The highest BCUT2D eigenvalue weighted by Gasteiger charge is 2.09. The second-order valence-electron chi connectivity index (χ2n) is 1.96. The summed E-state index contributed by atoms with van der Waals surface area (Å²) in [4.78, 5) is 24.3. The normalized spacial score (nSPS) is 9.00. The molecule has 5 nitrogen and oxygen atoms in total. The molecule has 62 valence electrons. The maximum Gasteiger partial charge on any atom is 0.349 e. The Balaban J connectivity index is 2.94. The third kappa shape index (κ3) is 1.57. The Morgan fingerprint density at radius 3 is 3.00 bits per heavy atom. The highest BCUT2D eigenvalue weighted by Crippen LogP contribution is 2.08. The van der Waals surface area contributed by atoms with Crippen LogP contribution >= 0.6 is 0 Å². The van der Waals surface area contributed by atoms with E-state index in [1.807, 2.05) is 0 Å². The molecule has 0 bridgehead atoms. The monoisotopic (exact) mass is 166 g/mol. The molecule has 0 spiro atoms. The average molecular weight is 166 g/mol. The molecule has 5 heteroatoms. The molecule has 0 amide bonds. The van der Waals surface area contributed by atoms with Gasteiger partial charge in [0, 0.05) is 18.1 Å². The summed E-state index contributed by atoms with van der Waals surface area (Å²) in [6.45, 7) is 0.0504. The second-order valence-corrected chi connectivity index (χ2v) is 1.96. The zero-order valence-corrected chi connectivity index (χ0v) is 6.06. The minimum Gasteiger partial charge on any atom is -0.398 e. The standard InChI is InChI=1S/C7H6N2O3/c8-6-1-2-9-3-5(6)7(11)12-4-10/h1-4H,(H2,8,9). The molecule has 0 aromatic carbocycles. The first-order chi connectivity index (χ1) is 5.75. The molecular weight excluding hydrogens is 160 g/mol. The van der Waals surface area contributed by atoms with Gasteiger partial charge < -0.3 is 10.5 Å². The predicted octanol–water partition coefficient (Wildman–Crippen LogP) is -0.0230. The van der Waals surface area contributed by atoms with E-state index < -0.39 is 5.97 Å². The summed E-state index contributed by atoms with van der Waals surface area (Å²) in [6.07, 6.45) is 2.67. The van der Waals surface area contributed by atoms with Crippen molar-refractivity contribution in [1.82, 2.24) is 4.98 Å². The summed E-state index contributed by atoms with van der Waals surface area (Å²) in [7, 11) is 0. The lowest BCUT2D eigenvalue weighted by molar-refractivity contribution is -0.123. The van der Waals surface area contributed by atoms with Crippen LogP contribution in [0.2, 0.25) is 0 Å². The minimum absolute atomic E-state index is 0.0504. The fraction of sp³-hybridized carbons (Fsp3) is 0. The van der Waals surface area contributed by atoms with E-state index in [1.165, 1.54) is 18.5 Å². The van der Waals surface area contributed by atoms with Gasteiger partial charge in [0.05, 0.1) is 0 Å². The molecule has 1 rings (SSSR count). The van der Waals surface area contributed by atoms with Crippen LogP contribution < -0.4 is 5.73 Å². The van der Waals surface area contributed by atoms with Crippen molar-refractivity contribution in [1.29, 1.82) is 0 Å². The summed E-state index contributed by atoms with van der Waals surface area (Å²) in [5.74, 6) is -0.796. The molecule has 2 N–H and O–H groups in total. The Labute approximate surface area is 68.2 Å². The molecule has 1 aromatic heterocycles. The number of pyridine rings is 1. The van der Waals surface area contributed by atoms with Crippen LogP contribution in [0.4, 0.5) is 5.69 Å². The van der Waals surface area contributed by atoms with Crippen molar-refractivity contribution in [3.8, 4) is 0 Å². The largest absolute Gasteiger partial charge is 0.398 e. The number of hydrogen-bond donors (Lipinski definition) is 1. The van der Waals surface area contributed by atoms with Crippen molar-refractivity contribution in [2.75, 3.05) is 5.73 Å². The summed E-state index contributed by atoms with van der Waals surface area (Å²) in [5, 5.41) is 0. The van der Waals surface area contributed by atoms with E-state index in [2.05, 4.69) is 9.72 Å². The zero-order chi connectivity index (χ0) is 8.97. The maximum atomic E-state index is 10.9. The molecular formula is C7H6N2O3. The molecule has 0 saturated carbocycles. The van der Waals surface area contributed by atoms with Gasteiger partial charge in [-0.25, -0.2) is 4.79 Å². The number of nitrogens with zero attached hydrogens (tertiary/aromatic N) is 1. The number of nitrogen functional groups attached to an aromatic ring is 1. The second kappa shape index (κ2) is 3.47. The van der Waals surface area contributed by atoms with Crippen LogP contribution in [-0.2, 0) is 9.53 Å². The number of hydrogen-bond acceptors (Lipinski definition) is 5. The van der Waals surface area contributed by atoms with Gasteiger partial charge in [0.1, 0.15) is 5.56 Å². The van der Waals surface area contributed by atoms with Gasteiger partial charge in [0.25, 0.3) is 0 Å². The van der Waals surface area contributed by atoms with Gasteiger partial charge in [-0.05, 0) is 6.07 Å². The van der Waals surface area contributed by atoms with Crippen molar-refractivity contribution in [3.63, 3.8) is 0 Å². The van der Waals surface area contributed by atoms with Crippen LogP contribution in [0.15, 0.2) is 18.5 Å². The summed E-state index contributed by atoms with van der Waals surface area (Å²) < 4.78 is 4.07. The van der Waals surface area contributed by atoms with Crippen molar-refractivity contribution < 1.29 is 14.3 Å². The van der Waals surface area contributed by atoms with Gasteiger partial charge in [-0.3, -0.25) is 9.78 Å². The molecule has 12 heavy (non-hydrogen) atoms. The van der Waals surface area contributed by atoms with Gasteiger partial charge in [-0.2, -0.15) is 0 Å². The third-order valence-corrected chi connectivity index (χ3v) is 1.23. The van der Waals surface area contributed by atoms with Crippen molar-refractivity contribution in [2.45, 2.75) is 0 Å². The first-order valence-electron chi connectivity index (χ1n) is 3.10. The molecule has 0 aliphatic rings. The summed E-state index contributed by atoms with van der Waals surface area (Å²) in [5.41, 5.74) is 5.72. The predicted molar refractivity (Wildman–Crippen MR) is 40.1 cm³/mol. The van der Waals surface area contributed by atoms with Crippen LogP contribution in [0.5, 0.6) is 0 Å². The Morgan fingerprint density at radius 1 is 1.67 bits per heavy atom. The van der Waals surface area contributed by atoms with Crippen LogP contribution in [0.3, 0.4) is 0 Å². The van der Waals surface area contributed by atoms with E-state index in [-0.39, 0.29) is 17.7 Å². The summed E-state index contributed by atoms with van der Waals surface area (Å²) >= 11 is 0. The smallest absolute Gasteiger partial charge is 0.349 e. The van der Waals surface area contributed by atoms with Crippen molar-refractivity contribution >= 4 is 18.1 Å². The van der Waals surface area contributed by atoms with Gasteiger partial charge in [-0.15, -0.1) is 0 Å². The molecule has 1 aromatic rings. The Kier molecular flexibility index (Phi) is 2.37. The fourth-order valence-electron chi connectivity index (χ4n) is 0.683. The number of rotatable bonds is 2. The number of ether oxygens (including phenoxy) is 1. The number of carbonyl (C=O) groups is 2. The number of nitrogens with two attached hydrogens (primary N) is 1. The molecule has 0 unspecified atom stereocenters. The number of esters is 1. The lowest BCUT2D eigenvalue weighted by Crippen LogP contribution is -2.07. The Morgan fingerprint density at radius 2 is 2.42 bits per heavy atom. The first-order valence-corrected chi connectivity index (χ1v) is 3.10. The van der Waals surface area contributed by atoms with E-state index in [0.717, 1.165) is 0 Å². The van der Waals surface area contributed by atoms with Gasteiger partial charge in [0.2, 0.25) is 0 Å². The molecule has 0 saturated heterocycles. The lowest BCUT2D eigenvalue weighted by atomic mass is 10.2. The molecule has 0 aliphatic carbocycles. The molecule has 1 heterocycles. The zero-order valence-electron chi connectivity index (χ0n) is 6.06.